The number of carbonyl (C=O) groups is 1. The summed E-state index contributed by atoms with van der Waals surface area (Å²) in [6.45, 7) is 4.64. The number of phosphoric acid groups is 1. The highest BCUT2D eigenvalue weighted by atomic mass is 31.2. The number of carbonyl (C=O) groups excluding carboxylic acids is 1. The van der Waals surface area contributed by atoms with E-state index in [2.05, 4.69) is 67.8 Å². The second-order valence-corrected chi connectivity index (χ2v) is 25.2. The zero-order chi connectivity index (χ0) is 56.3. The van der Waals surface area contributed by atoms with Crippen LogP contribution in [0.4, 0.5) is 0 Å². The third-order valence-corrected chi connectivity index (χ3v) is 15.9. The lowest BCUT2D eigenvalue weighted by Gasteiger charge is -2.29. The molecule has 0 saturated heterocycles. The summed E-state index contributed by atoms with van der Waals surface area (Å²) >= 11 is 0. The molecule has 3 unspecified atom stereocenters. The first-order valence-electron chi connectivity index (χ1n) is 33.2. The number of rotatable bonds is 61. The molecule has 0 aromatic heterocycles. The molecule has 0 rings (SSSR count). The standard InChI is InChI=1S/C68H129N2O6P/c1-6-8-10-12-14-16-18-20-22-24-25-26-27-28-29-30-31-32-33-34-35-36-37-38-39-40-41-42-43-44-45-46-48-50-52-54-56-58-60-62-68(72)69-66(65-76-77(73,74)75-64-63-70(3,4)5)67(71)61-59-57-55-53-51-49-47-23-21-19-17-15-13-11-9-7-2/h21,23,31-32,34-35,51,53,59,61,66-67,71H,6-20,22,24-30,33,36-50,52,54-58,60,62-65H2,1-5H3,(H-,69,72,73,74)/b23-21+,32-31-,35-34-,53-51+,61-59+. The van der Waals surface area contributed by atoms with Crippen molar-refractivity contribution in [1.82, 2.24) is 5.32 Å². The monoisotopic (exact) mass is 1100 g/mol. The lowest BCUT2D eigenvalue weighted by atomic mass is 10.0. The van der Waals surface area contributed by atoms with E-state index in [1.54, 1.807) is 6.08 Å². The minimum Gasteiger partial charge on any atom is -0.756 e. The van der Waals surface area contributed by atoms with Crippen LogP contribution < -0.4 is 10.2 Å². The van der Waals surface area contributed by atoms with E-state index in [0.29, 0.717) is 17.4 Å². The third kappa shape index (κ3) is 61.7. The van der Waals surface area contributed by atoms with Gasteiger partial charge in [0.25, 0.3) is 7.82 Å². The number of hydrogen-bond acceptors (Lipinski definition) is 6. The number of amides is 1. The average molecular weight is 1100 g/mol. The van der Waals surface area contributed by atoms with Gasteiger partial charge >= 0.3 is 0 Å². The molecule has 0 aliphatic heterocycles. The molecule has 2 N–H and O–H groups in total. The Morgan fingerprint density at radius 2 is 0.766 bits per heavy atom. The topological polar surface area (TPSA) is 108 Å². The molecule has 1 amide bonds. The molecule has 0 bridgehead atoms. The number of nitrogens with one attached hydrogen (secondary N) is 1. The van der Waals surface area contributed by atoms with Crippen molar-refractivity contribution >= 4 is 13.7 Å². The molecule has 0 spiro atoms. The van der Waals surface area contributed by atoms with Gasteiger partial charge in [-0.1, -0.05) is 293 Å². The van der Waals surface area contributed by atoms with Crippen molar-refractivity contribution in [2.24, 2.45) is 0 Å². The van der Waals surface area contributed by atoms with E-state index in [1.165, 1.54) is 244 Å². The van der Waals surface area contributed by atoms with Gasteiger partial charge in [0.15, 0.2) is 0 Å². The van der Waals surface area contributed by atoms with Gasteiger partial charge in [-0.25, -0.2) is 0 Å². The molecule has 9 heteroatoms. The molecule has 0 saturated carbocycles. The lowest BCUT2D eigenvalue weighted by Crippen LogP contribution is -2.45. The van der Waals surface area contributed by atoms with Crippen LogP contribution in [0.25, 0.3) is 0 Å². The summed E-state index contributed by atoms with van der Waals surface area (Å²) in [4.78, 5) is 25.5. The van der Waals surface area contributed by atoms with Gasteiger partial charge in [-0.15, -0.1) is 0 Å². The fourth-order valence-corrected chi connectivity index (χ4v) is 10.5. The van der Waals surface area contributed by atoms with Crippen LogP contribution in [0.15, 0.2) is 60.8 Å². The van der Waals surface area contributed by atoms with Gasteiger partial charge < -0.3 is 28.8 Å². The molecule has 0 aliphatic rings. The lowest BCUT2D eigenvalue weighted by molar-refractivity contribution is -0.870. The third-order valence-electron chi connectivity index (χ3n) is 14.9. The Bertz CT molecular complexity index is 1440. The van der Waals surface area contributed by atoms with Gasteiger partial charge in [0, 0.05) is 6.42 Å². The number of hydrogen-bond donors (Lipinski definition) is 2. The summed E-state index contributed by atoms with van der Waals surface area (Å²) in [6, 6.07) is -0.911. The molecule has 0 radical (unpaired) electrons. The van der Waals surface area contributed by atoms with Crippen molar-refractivity contribution in [2.45, 2.75) is 328 Å². The van der Waals surface area contributed by atoms with Gasteiger partial charge in [-0.2, -0.15) is 0 Å². The zero-order valence-corrected chi connectivity index (χ0v) is 52.6. The first-order valence-corrected chi connectivity index (χ1v) is 34.6. The minimum absolute atomic E-state index is 0.00963. The van der Waals surface area contributed by atoms with Crippen LogP contribution in [0, 0.1) is 0 Å². The summed E-state index contributed by atoms with van der Waals surface area (Å²) in [5, 5.41) is 13.9. The number of quaternary nitrogens is 1. The largest absolute Gasteiger partial charge is 0.756 e. The zero-order valence-electron chi connectivity index (χ0n) is 51.7. The first-order chi connectivity index (χ1) is 37.5. The van der Waals surface area contributed by atoms with Crippen molar-refractivity contribution in [3.8, 4) is 0 Å². The van der Waals surface area contributed by atoms with E-state index in [4.69, 9.17) is 9.05 Å². The summed E-state index contributed by atoms with van der Waals surface area (Å²) in [5.41, 5.74) is 0. The Kier molecular flexibility index (Phi) is 57.5. The maximum absolute atomic E-state index is 13.0. The highest BCUT2D eigenvalue weighted by molar-refractivity contribution is 7.45. The molecule has 0 aromatic carbocycles. The predicted molar refractivity (Wildman–Crippen MR) is 334 cm³/mol. The summed E-state index contributed by atoms with van der Waals surface area (Å²) in [5.74, 6) is -0.209. The van der Waals surface area contributed by atoms with Gasteiger partial charge in [-0.3, -0.25) is 9.36 Å². The maximum Gasteiger partial charge on any atom is 0.268 e. The Labute approximate surface area is 479 Å². The smallest absolute Gasteiger partial charge is 0.268 e. The van der Waals surface area contributed by atoms with E-state index in [9.17, 15) is 19.4 Å². The molecule has 8 nitrogen and oxygen atoms in total. The van der Waals surface area contributed by atoms with Crippen LogP contribution in [-0.4, -0.2) is 68.5 Å². The number of likely N-dealkylation sites (N-methyl/N-ethyl adjacent to an activating group) is 1. The minimum atomic E-state index is -4.61. The molecule has 77 heavy (non-hydrogen) atoms. The van der Waals surface area contributed by atoms with Crippen LogP contribution in [0.1, 0.15) is 316 Å². The Hall–Kier alpha value is -1.80. The van der Waals surface area contributed by atoms with Crippen molar-refractivity contribution in [1.29, 1.82) is 0 Å². The van der Waals surface area contributed by atoms with Crippen LogP contribution in [0.2, 0.25) is 0 Å². The number of aliphatic hydroxyl groups excluding tert-OH is 1. The van der Waals surface area contributed by atoms with Gasteiger partial charge in [-0.05, 0) is 77.0 Å². The van der Waals surface area contributed by atoms with Crippen molar-refractivity contribution < 1.29 is 32.9 Å². The van der Waals surface area contributed by atoms with E-state index >= 15 is 0 Å². The Morgan fingerprint density at radius 1 is 0.455 bits per heavy atom. The van der Waals surface area contributed by atoms with E-state index in [1.807, 2.05) is 27.2 Å². The average Bonchev–Trinajstić information content (AvgIpc) is 3.39. The number of allylic oxidation sites excluding steroid dienone is 9. The number of unbranched alkanes of at least 4 members (excludes halogenated alkanes) is 40. The van der Waals surface area contributed by atoms with Crippen LogP contribution in [-0.2, 0) is 18.4 Å². The van der Waals surface area contributed by atoms with Crippen LogP contribution in [0.5, 0.6) is 0 Å². The van der Waals surface area contributed by atoms with E-state index in [0.717, 1.165) is 51.4 Å². The molecule has 0 heterocycles. The van der Waals surface area contributed by atoms with Crippen molar-refractivity contribution in [2.75, 3.05) is 40.9 Å². The molecular formula is C68H129N2O6P. The normalized spacial score (nSPS) is 14.1. The summed E-state index contributed by atoms with van der Waals surface area (Å²) in [6.07, 6.45) is 80.7. The van der Waals surface area contributed by atoms with E-state index in [-0.39, 0.29) is 12.5 Å². The molecule has 0 aromatic rings. The predicted octanol–water partition coefficient (Wildman–Crippen LogP) is 20.2. The number of aliphatic hydroxyl groups is 1. The van der Waals surface area contributed by atoms with Crippen LogP contribution >= 0.6 is 7.82 Å². The molecular weight excluding hydrogens is 972 g/mol. The maximum atomic E-state index is 13.0. The van der Waals surface area contributed by atoms with Gasteiger partial charge in [0.2, 0.25) is 5.91 Å². The van der Waals surface area contributed by atoms with Crippen LogP contribution in [0.3, 0.4) is 0 Å². The second kappa shape index (κ2) is 58.8. The van der Waals surface area contributed by atoms with Crippen molar-refractivity contribution in [3.63, 3.8) is 0 Å². The van der Waals surface area contributed by atoms with Gasteiger partial charge in [0.05, 0.1) is 39.9 Å². The Balaban J connectivity index is 3.97. The van der Waals surface area contributed by atoms with Crippen molar-refractivity contribution in [3.05, 3.63) is 60.8 Å². The molecule has 0 fully saturated rings. The highest BCUT2D eigenvalue weighted by Gasteiger charge is 2.23. The second-order valence-electron chi connectivity index (χ2n) is 23.8. The highest BCUT2D eigenvalue weighted by Crippen LogP contribution is 2.38. The number of phosphoric ester groups is 1. The first kappa shape index (κ1) is 75.2. The molecule has 3 atom stereocenters. The quantitative estimate of drug-likeness (QED) is 0.0272. The molecule has 452 valence electrons. The summed E-state index contributed by atoms with van der Waals surface area (Å²) < 4.78 is 23.3. The van der Waals surface area contributed by atoms with Gasteiger partial charge in [0.1, 0.15) is 13.2 Å². The van der Waals surface area contributed by atoms with E-state index < -0.39 is 26.6 Å². The number of nitrogens with zero attached hydrogens (tertiary/aromatic N) is 1. The fourth-order valence-electron chi connectivity index (χ4n) is 9.75. The Morgan fingerprint density at radius 3 is 1.13 bits per heavy atom. The fraction of sp³-hybridized carbons (Fsp3) is 0.838. The summed E-state index contributed by atoms with van der Waals surface area (Å²) in [7, 11) is 1.24. The SMILES string of the molecule is CCCCCCCC/C=C/CC/C=C/CC/C=C/C(O)C(COP(=O)([O-])OCC[N+](C)(C)C)NC(=O)CCCCCCCCCCCCCCCCCCC/C=C\C/C=C\CCCCCCCCCCCCCCCCC. The molecule has 0 aliphatic carbocycles.